The van der Waals surface area contributed by atoms with E-state index < -0.39 is 0 Å². The molecule has 0 aliphatic heterocycles. The SMILES string of the molecule is Nc1cc(Cl)ccc1OCc1cc(F)cc(Br)c1. The molecule has 5 heteroatoms. The molecule has 0 aliphatic rings. The maximum absolute atomic E-state index is 13.2. The van der Waals surface area contributed by atoms with Crippen LogP contribution in [0, 0.1) is 5.82 Å². The standard InChI is InChI=1S/C13H10BrClFNO/c14-9-3-8(4-11(16)5-9)7-18-13-2-1-10(15)6-12(13)17/h1-6H,7,17H2. The van der Waals surface area contributed by atoms with Gasteiger partial charge in [0.2, 0.25) is 0 Å². The van der Waals surface area contributed by atoms with Crippen LogP contribution >= 0.6 is 27.5 Å². The summed E-state index contributed by atoms with van der Waals surface area (Å²) in [5.74, 6) is 0.215. The lowest BCUT2D eigenvalue weighted by molar-refractivity contribution is 0.307. The van der Waals surface area contributed by atoms with Crippen LogP contribution in [-0.4, -0.2) is 0 Å². The molecule has 0 aliphatic carbocycles. The minimum atomic E-state index is -0.313. The summed E-state index contributed by atoms with van der Waals surface area (Å²) in [6.07, 6.45) is 0. The van der Waals surface area contributed by atoms with Crippen LogP contribution in [0.15, 0.2) is 40.9 Å². The first-order valence-corrected chi connectivity index (χ1v) is 6.34. The van der Waals surface area contributed by atoms with E-state index in [1.807, 2.05) is 0 Å². The van der Waals surface area contributed by atoms with Crippen molar-refractivity contribution in [2.24, 2.45) is 0 Å². The van der Waals surface area contributed by atoms with E-state index in [1.165, 1.54) is 12.1 Å². The van der Waals surface area contributed by atoms with Crippen LogP contribution in [0.5, 0.6) is 5.75 Å². The maximum atomic E-state index is 13.2. The molecule has 0 aromatic heterocycles. The minimum absolute atomic E-state index is 0.238. The Hall–Kier alpha value is -1.26. The van der Waals surface area contributed by atoms with Gasteiger partial charge in [-0.2, -0.15) is 0 Å². The number of hydrogen-bond donors (Lipinski definition) is 1. The average molecular weight is 331 g/mol. The van der Waals surface area contributed by atoms with E-state index in [0.29, 0.717) is 20.9 Å². The van der Waals surface area contributed by atoms with Gasteiger partial charge in [-0.25, -0.2) is 4.39 Å². The molecule has 0 spiro atoms. The second-order valence-corrected chi connectivity index (χ2v) is 5.10. The van der Waals surface area contributed by atoms with Gasteiger partial charge in [-0.15, -0.1) is 0 Å². The van der Waals surface area contributed by atoms with E-state index in [2.05, 4.69) is 15.9 Å². The van der Waals surface area contributed by atoms with Crippen LogP contribution in [0.25, 0.3) is 0 Å². The van der Waals surface area contributed by atoms with Crippen LogP contribution in [0.4, 0.5) is 10.1 Å². The van der Waals surface area contributed by atoms with Gasteiger partial charge in [-0.05, 0) is 42.0 Å². The molecule has 0 saturated heterocycles. The third-order valence-electron chi connectivity index (χ3n) is 2.29. The van der Waals surface area contributed by atoms with E-state index in [0.717, 1.165) is 5.56 Å². The van der Waals surface area contributed by atoms with Crippen molar-refractivity contribution >= 4 is 33.2 Å². The summed E-state index contributed by atoms with van der Waals surface area (Å²) in [4.78, 5) is 0. The van der Waals surface area contributed by atoms with Crippen molar-refractivity contribution < 1.29 is 9.13 Å². The highest BCUT2D eigenvalue weighted by Crippen LogP contribution is 2.26. The molecule has 0 amide bonds. The Kier molecular flexibility index (Phi) is 4.09. The van der Waals surface area contributed by atoms with Crippen molar-refractivity contribution in [2.75, 3.05) is 5.73 Å². The number of anilines is 1. The molecule has 2 aromatic carbocycles. The third kappa shape index (κ3) is 3.37. The molecule has 0 fully saturated rings. The highest BCUT2D eigenvalue weighted by molar-refractivity contribution is 9.10. The molecule has 0 bridgehead atoms. The molecule has 2 nitrogen and oxygen atoms in total. The van der Waals surface area contributed by atoms with Crippen molar-refractivity contribution in [2.45, 2.75) is 6.61 Å². The van der Waals surface area contributed by atoms with E-state index in [4.69, 9.17) is 22.1 Å². The molecule has 18 heavy (non-hydrogen) atoms. The lowest BCUT2D eigenvalue weighted by Crippen LogP contribution is -1.99. The first-order valence-electron chi connectivity index (χ1n) is 5.17. The molecular formula is C13H10BrClFNO. The first kappa shape index (κ1) is 13.2. The predicted octanol–water partition coefficient (Wildman–Crippen LogP) is 4.40. The number of halogens is 3. The Balaban J connectivity index is 2.11. The Morgan fingerprint density at radius 3 is 2.67 bits per heavy atom. The van der Waals surface area contributed by atoms with Gasteiger partial charge >= 0.3 is 0 Å². The van der Waals surface area contributed by atoms with Crippen LogP contribution < -0.4 is 10.5 Å². The van der Waals surface area contributed by atoms with Crippen LogP contribution in [0.1, 0.15) is 5.56 Å². The highest BCUT2D eigenvalue weighted by atomic mass is 79.9. The van der Waals surface area contributed by atoms with E-state index >= 15 is 0 Å². The van der Waals surface area contributed by atoms with Crippen LogP contribution in [0.2, 0.25) is 5.02 Å². The quantitative estimate of drug-likeness (QED) is 0.846. The average Bonchev–Trinajstić information content (AvgIpc) is 2.26. The lowest BCUT2D eigenvalue weighted by Gasteiger charge is -2.09. The topological polar surface area (TPSA) is 35.2 Å². The first-order chi connectivity index (χ1) is 8.54. The Morgan fingerprint density at radius 2 is 2.00 bits per heavy atom. The number of ether oxygens (including phenoxy) is 1. The van der Waals surface area contributed by atoms with Gasteiger partial charge in [0.25, 0.3) is 0 Å². The van der Waals surface area contributed by atoms with Gasteiger partial charge in [0, 0.05) is 9.50 Å². The molecule has 0 saturated carbocycles. The zero-order chi connectivity index (χ0) is 13.1. The summed E-state index contributed by atoms with van der Waals surface area (Å²) in [5, 5.41) is 0.549. The number of hydrogen-bond acceptors (Lipinski definition) is 2. The molecule has 0 heterocycles. The van der Waals surface area contributed by atoms with E-state index in [1.54, 1.807) is 24.3 Å². The van der Waals surface area contributed by atoms with E-state index in [-0.39, 0.29) is 12.4 Å². The number of benzene rings is 2. The summed E-state index contributed by atoms with van der Waals surface area (Å²) in [7, 11) is 0. The van der Waals surface area contributed by atoms with Crippen LogP contribution in [-0.2, 0) is 6.61 Å². The third-order valence-corrected chi connectivity index (χ3v) is 2.98. The van der Waals surface area contributed by atoms with E-state index in [9.17, 15) is 4.39 Å². The summed E-state index contributed by atoms with van der Waals surface area (Å²) >= 11 is 9.01. The maximum Gasteiger partial charge on any atom is 0.142 e. The van der Waals surface area contributed by atoms with Crippen molar-refractivity contribution in [3.63, 3.8) is 0 Å². The molecule has 0 atom stereocenters. The van der Waals surface area contributed by atoms with Gasteiger partial charge in [0.05, 0.1) is 5.69 Å². The number of nitrogens with two attached hydrogens (primary N) is 1. The number of nitrogen functional groups attached to an aromatic ring is 1. The van der Waals surface area contributed by atoms with Crippen molar-refractivity contribution in [3.8, 4) is 5.75 Å². The zero-order valence-electron chi connectivity index (χ0n) is 9.29. The fourth-order valence-electron chi connectivity index (χ4n) is 1.51. The molecular weight excluding hydrogens is 321 g/mol. The largest absolute Gasteiger partial charge is 0.487 e. The number of rotatable bonds is 3. The van der Waals surface area contributed by atoms with Gasteiger partial charge in [0.1, 0.15) is 18.2 Å². The Morgan fingerprint density at radius 1 is 1.22 bits per heavy atom. The van der Waals surface area contributed by atoms with Crippen molar-refractivity contribution in [3.05, 3.63) is 57.3 Å². The molecule has 0 radical (unpaired) electrons. The molecule has 94 valence electrons. The zero-order valence-corrected chi connectivity index (χ0v) is 11.6. The Bertz CT molecular complexity index is 557. The monoisotopic (exact) mass is 329 g/mol. The summed E-state index contributed by atoms with van der Waals surface area (Å²) in [5.41, 5.74) is 6.93. The van der Waals surface area contributed by atoms with Gasteiger partial charge in [0.15, 0.2) is 0 Å². The van der Waals surface area contributed by atoms with Crippen molar-refractivity contribution in [1.29, 1.82) is 0 Å². The smallest absolute Gasteiger partial charge is 0.142 e. The summed E-state index contributed by atoms with van der Waals surface area (Å²) in [6, 6.07) is 9.57. The Labute approximate surface area is 118 Å². The van der Waals surface area contributed by atoms with Gasteiger partial charge < -0.3 is 10.5 Å². The predicted molar refractivity (Wildman–Crippen MR) is 74.3 cm³/mol. The molecule has 2 N–H and O–H groups in total. The second-order valence-electron chi connectivity index (χ2n) is 3.75. The summed E-state index contributed by atoms with van der Waals surface area (Å²) < 4.78 is 19.3. The van der Waals surface area contributed by atoms with Crippen molar-refractivity contribution in [1.82, 2.24) is 0 Å². The van der Waals surface area contributed by atoms with Gasteiger partial charge in [-0.1, -0.05) is 27.5 Å². The lowest BCUT2D eigenvalue weighted by atomic mass is 10.2. The molecule has 2 aromatic rings. The normalized spacial score (nSPS) is 10.4. The molecule has 2 rings (SSSR count). The summed E-state index contributed by atoms with van der Waals surface area (Å²) in [6.45, 7) is 0.238. The minimum Gasteiger partial charge on any atom is -0.487 e. The van der Waals surface area contributed by atoms with Gasteiger partial charge in [-0.3, -0.25) is 0 Å². The second kappa shape index (κ2) is 5.59. The molecule has 0 unspecified atom stereocenters. The van der Waals surface area contributed by atoms with Crippen LogP contribution in [0.3, 0.4) is 0 Å². The fourth-order valence-corrected chi connectivity index (χ4v) is 2.20. The fraction of sp³-hybridized carbons (Fsp3) is 0.0769. The highest BCUT2D eigenvalue weighted by Gasteiger charge is 2.03.